The molecular weight excluding hydrogens is 911 g/mol. The molecule has 6 atom stereocenters. The van der Waals surface area contributed by atoms with E-state index in [-0.39, 0.29) is 36.4 Å². The second-order valence-corrected chi connectivity index (χ2v) is 20.2. The molecule has 2 fully saturated rings. The van der Waals surface area contributed by atoms with Crippen molar-refractivity contribution in [1.82, 2.24) is 14.6 Å². The predicted octanol–water partition coefficient (Wildman–Crippen LogP) is 11.5. The maximum atomic E-state index is 14.9. The van der Waals surface area contributed by atoms with Gasteiger partial charge in [-0.15, -0.1) is 0 Å². The Bertz CT molecular complexity index is 2260. The number of anilines is 2. The monoisotopic (exact) mass is 982 g/mol. The van der Waals surface area contributed by atoms with Gasteiger partial charge in [0.05, 0.1) is 43.3 Å². The van der Waals surface area contributed by atoms with Crippen LogP contribution in [0.4, 0.5) is 11.5 Å². The summed E-state index contributed by atoms with van der Waals surface area (Å²) >= 11 is 6.50. The summed E-state index contributed by atoms with van der Waals surface area (Å²) in [5, 5.41) is 15.4. The van der Waals surface area contributed by atoms with Crippen LogP contribution in [0.15, 0.2) is 60.9 Å². The van der Waals surface area contributed by atoms with Crippen LogP contribution in [0.2, 0.25) is 5.02 Å². The first-order chi connectivity index (χ1) is 32.9. The van der Waals surface area contributed by atoms with E-state index >= 15 is 0 Å². The van der Waals surface area contributed by atoms with E-state index in [4.69, 9.17) is 65.1 Å². The summed E-state index contributed by atoms with van der Waals surface area (Å²) in [7, 11) is -3.09. The first kappa shape index (κ1) is 53.3. The maximum absolute atomic E-state index is 14.9. The minimum atomic E-state index is -4.64. The normalized spacial score (nSPS) is 21.1. The van der Waals surface area contributed by atoms with Crippen molar-refractivity contribution in [1.29, 1.82) is 5.26 Å². The Kier molecular flexibility index (Phi) is 20.6. The van der Waals surface area contributed by atoms with Crippen molar-refractivity contribution in [3.8, 4) is 17.6 Å². The molecule has 6 rings (SSSR count). The molecule has 2 aromatic heterocycles. The molecule has 16 nitrogen and oxygen atoms in total. The number of nitrogens with zero attached hydrogens (tertiary/aromatic N) is 4. The highest BCUT2D eigenvalue weighted by Crippen LogP contribution is 2.55. The van der Waals surface area contributed by atoms with Crippen molar-refractivity contribution >= 4 is 36.4 Å². The van der Waals surface area contributed by atoms with Crippen molar-refractivity contribution in [3.63, 3.8) is 0 Å². The number of phosphoric acid groups is 1. The van der Waals surface area contributed by atoms with Crippen LogP contribution in [0, 0.1) is 11.3 Å². The summed E-state index contributed by atoms with van der Waals surface area (Å²) in [5.74, 6) is -0.269. The van der Waals surface area contributed by atoms with Gasteiger partial charge in [0.2, 0.25) is 5.60 Å². The summed E-state index contributed by atoms with van der Waals surface area (Å²) in [5.41, 5.74) is 12.8. The molecule has 0 aliphatic carbocycles. The van der Waals surface area contributed by atoms with E-state index < -0.39 is 50.2 Å². The first-order valence-corrected chi connectivity index (χ1v) is 26.2. The lowest BCUT2D eigenvalue weighted by Gasteiger charge is -2.30. The number of hydrogen-bond acceptors (Lipinski definition) is 15. The molecular formula is C50H72ClN6O10P. The third-order valence-corrected chi connectivity index (χ3v) is 14.0. The van der Waals surface area contributed by atoms with Crippen LogP contribution in [-0.2, 0) is 43.9 Å². The van der Waals surface area contributed by atoms with Gasteiger partial charge in [-0.1, -0.05) is 133 Å². The van der Waals surface area contributed by atoms with E-state index in [9.17, 15) is 9.83 Å². The molecule has 4 aromatic rings. The zero-order valence-electron chi connectivity index (χ0n) is 40.3. The van der Waals surface area contributed by atoms with Crippen molar-refractivity contribution in [2.45, 2.75) is 166 Å². The average molecular weight is 984 g/mol. The highest BCUT2D eigenvalue weighted by Gasteiger charge is 2.65. The summed E-state index contributed by atoms with van der Waals surface area (Å²) in [6, 6.07) is 17.6. The van der Waals surface area contributed by atoms with E-state index in [0.717, 1.165) is 24.8 Å². The van der Waals surface area contributed by atoms with Crippen LogP contribution in [0.3, 0.4) is 0 Å². The number of nitrogens with two attached hydrogens (primary N) is 2. The minimum Gasteiger partial charge on any atom is -0.495 e. The van der Waals surface area contributed by atoms with Crippen molar-refractivity contribution in [2.24, 2.45) is 0 Å². The van der Waals surface area contributed by atoms with Crippen LogP contribution < -0.4 is 20.7 Å². The van der Waals surface area contributed by atoms with Gasteiger partial charge in [-0.05, 0) is 62.2 Å². The van der Waals surface area contributed by atoms with Gasteiger partial charge in [-0.25, -0.2) is 14.1 Å². The van der Waals surface area contributed by atoms with E-state index in [0.29, 0.717) is 29.3 Å². The SMILES string of the molecule is CCCCCCCCCCCCCCCCCCOC[C@H](COP(=O)(OC[C@@]1(C#N)O[C@@H](c2ccc3c(N)ncnn23)[C@@H]2OC(C)(C)O[C@@H]21)Oc1ccccc1Cl)OCc1ccc(OC)c(N)c1. The van der Waals surface area contributed by atoms with E-state index in [1.807, 2.05) is 6.07 Å². The summed E-state index contributed by atoms with van der Waals surface area (Å²) in [4.78, 5) is 4.08. The van der Waals surface area contributed by atoms with Crippen LogP contribution in [0.5, 0.6) is 11.5 Å². The molecule has 2 aliphatic rings. The van der Waals surface area contributed by atoms with Gasteiger partial charge in [0, 0.05) is 6.61 Å². The van der Waals surface area contributed by atoms with E-state index in [1.165, 1.54) is 95.9 Å². The van der Waals surface area contributed by atoms with Gasteiger partial charge >= 0.3 is 7.82 Å². The maximum Gasteiger partial charge on any atom is 0.530 e. The molecule has 4 heterocycles. The minimum absolute atomic E-state index is 0.0380. The number of aromatic nitrogens is 3. The van der Waals surface area contributed by atoms with Gasteiger partial charge in [0.25, 0.3) is 0 Å². The number of rotatable bonds is 32. The number of unbranched alkanes of at least 4 members (excludes halogenated alkanes) is 15. The number of ether oxygens (including phenoxy) is 6. The second kappa shape index (κ2) is 26.3. The fourth-order valence-corrected chi connectivity index (χ4v) is 10.2. The lowest BCUT2D eigenvalue weighted by atomic mass is 9.96. The Morgan fingerprint density at radius 1 is 0.853 bits per heavy atom. The highest BCUT2D eigenvalue weighted by atomic mass is 35.5. The quantitative estimate of drug-likeness (QED) is 0.0265. The first-order valence-electron chi connectivity index (χ1n) is 24.4. The number of nitriles is 1. The fraction of sp³-hybridized carbons (Fsp3) is 0.620. The zero-order valence-corrected chi connectivity index (χ0v) is 41.9. The smallest absolute Gasteiger partial charge is 0.495 e. The molecule has 4 N–H and O–H groups in total. The standard InChI is InChI=1S/C50H72ClN6O10P/c1-5-6-7-8-9-10-11-12-13-14-15-16-17-18-19-22-29-60-32-38(61-31-37-25-28-44(59-4)40(53)30-37)33-62-68(58,67-43-24-21-20-23-39(43)51)63-35-50(34-52)47-46(64-49(2,3)66-47)45(65-50)41-26-27-42-48(54)55-36-56-57(41)42/h20-21,23-28,30,36,38,45-47H,5-19,22,29,31-33,35,53H2,1-4H3,(H2,54,55,56)/t38-,45+,46+,47+,50-,68?/m1/s1. The topological polar surface area (TPSA) is 206 Å². The van der Waals surface area contributed by atoms with E-state index in [1.54, 1.807) is 67.9 Å². The molecule has 2 aliphatic heterocycles. The predicted molar refractivity (Wildman–Crippen MR) is 261 cm³/mol. The number of benzene rings is 2. The Hall–Kier alpha value is -4.01. The molecule has 18 heteroatoms. The number of nitrogen functional groups attached to an aromatic ring is 2. The van der Waals surface area contributed by atoms with Crippen molar-refractivity contribution < 1.29 is 46.6 Å². The largest absolute Gasteiger partial charge is 0.530 e. The molecule has 68 heavy (non-hydrogen) atoms. The Balaban J connectivity index is 1.07. The Morgan fingerprint density at radius 2 is 1.53 bits per heavy atom. The summed E-state index contributed by atoms with van der Waals surface area (Å²) in [6.07, 6.45) is 18.4. The second-order valence-electron chi connectivity index (χ2n) is 18.2. The van der Waals surface area contributed by atoms with Crippen LogP contribution in [0.25, 0.3) is 5.52 Å². The van der Waals surface area contributed by atoms with Crippen LogP contribution in [0.1, 0.15) is 141 Å². The van der Waals surface area contributed by atoms with E-state index in [2.05, 4.69) is 23.1 Å². The molecule has 0 amide bonds. The highest BCUT2D eigenvalue weighted by molar-refractivity contribution is 7.49. The number of phosphoric ester groups is 1. The molecule has 1 unspecified atom stereocenters. The number of methoxy groups -OCH3 is 1. The molecule has 2 saturated heterocycles. The molecule has 0 bridgehead atoms. The summed E-state index contributed by atoms with van der Waals surface area (Å²) in [6.45, 7) is 5.60. The number of fused-ring (bicyclic) bond motifs is 2. The molecule has 0 saturated carbocycles. The van der Waals surface area contributed by atoms with Gasteiger partial charge in [0.1, 0.15) is 60.4 Å². The number of para-hydroxylation sites is 1. The molecule has 0 spiro atoms. The third-order valence-electron chi connectivity index (χ3n) is 12.3. The van der Waals surface area contributed by atoms with Crippen molar-refractivity contribution in [2.75, 3.05) is 45.0 Å². The van der Waals surface area contributed by atoms with Crippen LogP contribution >= 0.6 is 19.4 Å². The average Bonchev–Trinajstić information content (AvgIpc) is 3.99. The van der Waals surface area contributed by atoms with Gasteiger partial charge in [-0.3, -0.25) is 9.05 Å². The lowest BCUT2D eigenvalue weighted by Crippen LogP contribution is -2.46. The molecule has 0 radical (unpaired) electrons. The zero-order chi connectivity index (χ0) is 48.4. The fourth-order valence-electron chi connectivity index (χ4n) is 8.67. The Labute approximate surface area is 407 Å². The Morgan fingerprint density at radius 3 is 2.18 bits per heavy atom. The molecule has 2 aromatic carbocycles. The third kappa shape index (κ3) is 15.0. The lowest BCUT2D eigenvalue weighted by molar-refractivity contribution is -0.204. The van der Waals surface area contributed by atoms with Gasteiger partial charge < -0.3 is 44.4 Å². The van der Waals surface area contributed by atoms with Crippen molar-refractivity contribution in [3.05, 3.63) is 77.2 Å². The summed E-state index contributed by atoms with van der Waals surface area (Å²) < 4.78 is 71.6. The number of hydrogen-bond donors (Lipinski definition) is 2. The molecule has 374 valence electrons. The van der Waals surface area contributed by atoms with Gasteiger partial charge in [-0.2, -0.15) is 10.4 Å². The van der Waals surface area contributed by atoms with Gasteiger partial charge in [0.15, 0.2) is 11.6 Å². The number of halogens is 1. The van der Waals surface area contributed by atoms with Crippen LogP contribution in [-0.4, -0.2) is 77.8 Å².